The van der Waals surface area contributed by atoms with Crippen LogP contribution < -0.4 is 10.4 Å². The molecule has 0 heterocycles. The molecule has 2 aromatic rings. The van der Waals surface area contributed by atoms with E-state index in [9.17, 15) is 24.3 Å². The maximum atomic E-state index is 12.5. The lowest BCUT2D eigenvalue weighted by Gasteiger charge is -2.27. The lowest BCUT2D eigenvalue weighted by atomic mass is 10.1. The highest BCUT2D eigenvalue weighted by Gasteiger charge is 2.37. The van der Waals surface area contributed by atoms with E-state index in [1.54, 1.807) is 50.2 Å². The maximum absolute atomic E-state index is 12.5. The number of carbonyl (C=O) groups is 4. The molecule has 1 N–H and O–H groups in total. The Bertz CT molecular complexity index is 865. The van der Waals surface area contributed by atoms with Crippen molar-refractivity contribution in [1.29, 1.82) is 0 Å². The highest BCUT2D eigenvalue weighted by Crippen LogP contribution is 2.13. The summed E-state index contributed by atoms with van der Waals surface area (Å²) >= 11 is 0. The van der Waals surface area contributed by atoms with Crippen molar-refractivity contribution in [1.82, 2.24) is 5.32 Å². The smallest absolute Gasteiger partial charge is 0.339 e. The second-order valence-electron chi connectivity index (χ2n) is 6.37. The van der Waals surface area contributed by atoms with Gasteiger partial charge in [-0.25, -0.2) is 9.59 Å². The number of nitrogens with one attached hydrogen (secondary N) is 1. The predicted octanol–water partition coefficient (Wildman–Crippen LogP) is 0.712. The SMILES string of the molecule is CC(C)NC(=O)[C@H](OC(=O)c1ccccc1)[C@H](OC(=O)c1ccccc1)C(=O)[O-]. The lowest BCUT2D eigenvalue weighted by molar-refractivity contribution is -0.317. The van der Waals surface area contributed by atoms with E-state index in [1.165, 1.54) is 24.3 Å². The molecule has 0 saturated carbocycles. The zero-order valence-electron chi connectivity index (χ0n) is 15.9. The summed E-state index contributed by atoms with van der Waals surface area (Å²) < 4.78 is 10.1. The molecule has 0 unspecified atom stereocenters. The van der Waals surface area contributed by atoms with E-state index in [0.29, 0.717) is 0 Å². The van der Waals surface area contributed by atoms with Crippen LogP contribution in [0.3, 0.4) is 0 Å². The van der Waals surface area contributed by atoms with Gasteiger partial charge in [-0.3, -0.25) is 4.79 Å². The van der Waals surface area contributed by atoms with Crippen molar-refractivity contribution in [2.75, 3.05) is 0 Å². The minimum absolute atomic E-state index is 0.0659. The van der Waals surface area contributed by atoms with Crippen molar-refractivity contribution in [2.24, 2.45) is 0 Å². The summed E-state index contributed by atoms with van der Waals surface area (Å²) in [6.45, 7) is 3.27. The number of carboxylic acid groups (broad SMARTS) is 1. The topological polar surface area (TPSA) is 122 Å². The van der Waals surface area contributed by atoms with E-state index in [1.807, 2.05) is 0 Å². The molecule has 0 aliphatic rings. The molecule has 0 spiro atoms. The van der Waals surface area contributed by atoms with Crippen LogP contribution in [-0.4, -0.2) is 42.1 Å². The van der Waals surface area contributed by atoms with Gasteiger partial charge in [0.2, 0.25) is 6.10 Å². The molecule has 0 aliphatic carbocycles. The number of hydrogen-bond acceptors (Lipinski definition) is 7. The molecule has 0 saturated heterocycles. The first-order chi connectivity index (χ1) is 13.8. The summed E-state index contributed by atoms with van der Waals surface area (Å²) in [6, 6.07) is 14.9. The molecule has 2 rings (SSSR count). The standard InChI is InChI=1S/C21H21NO7/c1-13(2)22-18(23)16(28-20(26)14-9-5-3-6-10-14)17(19(24)25)29-21(27)15-11-7-4-8-12-15/h3-13,16-17H,1-2H3,(H,22,23)(H,24,25)/p-1/t16-,17+/m1/s1. The highest BCUT2D eigenvalue weighted by molar-refractivity contribution is 5.96. The zero-order chi connectivity index (χ0) is 21.4. The number of carbonyl (C=O) groups excluding carboxylic acids is 4. The van der Waals surface area contributed by atoms with Crippen molar-refractivity contribution >= 4 is 23.8 Å². The lowest BCUT2D eigenvalue weighted by Crippen LogP contribution is -2.55. The van der Waals surface area contributed by atoms with Crippen molar-refractivity contribution < 1.29 is 33.8 Å². The molecule has 8 heteroatoms. The van der Waals surface area contributed by atoms with Gasteiger partial charge in [0, 0.05) is 6.04 Å². The normalized spacial score (nSPS) is 12.5. The Hall–Kier alpha value is -3.68. The van der Waals surface area contributed by atoms with E-state index >= 15 is 0 Å². The summed E-state index contributed by atoms with van der Waals surface area (Å²) in [7, 11) is 0. The number of ether oxygens (including phenoxy) is 2. The molecule has 29 heavy (non-hydrogen) atoms. The van der Waals surface area contributed by atoms with E-state index in [-0.39, 0.29) is 17.2 Å². The fourth-order valence-electron chi connectivity index (χ4n) is 2.37. The van der Waals surface area contributed by atoms with Crippen molar-refractivity contribution in [3.63, 3.8) is 0 Å². The van der Waals surface area contributed by atoms with E-state index < -0.39 is 36.0 Å². The number of hydrogen-bond donors (Lipinski definition) is 1. The zero-order valence-corrected chi connectivity index (χ0v) is 15.9. The van der Waals surface area contributed by atoms with E-state index in [0.717, 1.165) is 0 Å². The minimum atomic E-state index is -2.14. The van der Waals surface area contributed by atoms with Crippen LogP contribution in [0.1, 0.15) is 34.6 Å². The van der Waals surface area contributed by atoms with Crippen LogP contribution in [0.2, 0.25) is 0 Å². The average Bonchev–Trinajstić information content (AvgIpc) is 2.70. The van der Waals surface area contributed by atoms with Gasteiger partial charge >= 0.3 is 11.9 Å². The highest BCUT2D eigenvalue weighted by atomic mass is 16.6. The van der Waals surface area contributed by atoms with Crippen molar-refractivity contribution in [3.05, 3.63) is 71.8 Å². The number of benzene rings is 2. The Kier molecular flexibility index (Phi) is 7.47. The van der Waals surface area contributed by atoms with Crippen LogP contribution >= 0.6 is 0 Å². The van der Waals surface area contributed by atoms with E-state index in [2.05, 4.69) is 5.32 Å². The van der Waals surface area contributed by atoms with Gasteiger partial charge in [0.15, 0.2) is 6.10 Å². The third kappa shape index (κ3) is 6.17. The predicted molar refractivity (Wildman–Crippen MR) is 99.6 cm³/mol. The van der Waals surface area contributed by atoms with Gasteiger partial charge in [-0.05, 0) is 38.1 Å². The molecule has 2 aromatic carbocycles. The van der Waals surface area contributed by atoms with E-state index in [4.69, 9.17) is 9.47 Å². The van der Waals surface area contributed by atoms with Gasteiger partial charge in [-0.2, -0.15) is 0 Å². The van der Waals surface area contributed by atoms with Crippen LogP contribution in [0.15, 0.2) is 60.7 Å². The first-order valence-corrected chi connectivity index (χ1v) is 8.83. The molecule has 2 atom stereocenters. The maximum Gasteiger partial charge on any atom is 0.339 e. The Balaban J connectivity index is 2.29. The quantitative estimate of drug-likeness (QED) is 0.650. The molecule has 0 aliphatic heterocycles. The molecular weight excluding hydrogens is 378 g/mol. The largest absolute Gasteiger partial charge is 0.546 e. The second kappa shape index (κ2) is 10.0. The third-order valence-corrected chi connectivity index (χ3v) is 3.68. The van der Waals surface area contributed by atoms with Gasteiger partial charge < -0.3 is 24.7 Å². The summed E-state index contributed by atoms with van der Waals surface area (Å²) in [6.07, 6.45) is -4.09. The number of esters is 2. The van der Waals surface area contributed by atoms with Crippen LogP contribution in [0.25, 0.3) is 0 Å². The van der Waals surface area contributed by atoms with Gasteiger partial charge in [0.05, 0.1) is 17.1 Å². The molecule has 152 valence electrons. The fraction of sp³-hybridized carbons (Fsp3) is 0.238. The van der Waals surface area contributed by atoms with Gasteiger partial charge in [0.25, 0.3) is 5.91 Å². The third-order valence-electron chi connectivity index (χ3n) is 3.68. The minimum Gasteiger partial charge on any atom is -0.546 e. The fourth-order valence-corrected chi connectivity index (χ4v) is 2.37. The molecule has 0 fully saturated rings. The Morgan fingerprint density at radius 2 is 1.17 bits per heavy atom. The van der Waals surface area contributed by atoms with Crippen LogP contribution in [-0.2, 0) is 19.1 Å². The second-order valence-corrected chi connectivity index (χ2v) is 6.37. The Morgan fingerprint density at radius 1 is 0.759 bits per heavy atom. The summed E-state index contributed by atoms with van der Waals surface area (Å²) in [4.78, 5) is 48.8. The van der Waals surface area contributed by atoms with Crippen LogP contribution in [0, 0.1) is 0 Å². The number of amides is 1. The van der Waals surface area contributed by atoms with Gasteiger partial charge in [-0.15, -0.1) is 0 Å². The summed E-state index contributed by atoms with van der Waals surface area (Å²) in [5.41, 5.74) is 0.164. The summed E-state index contributed by atoms with van der Waals surface area (Å²) in [5.74, 6) is -4.76. The molecule has 1 amide bonds. The molecule has 0 radical (unpaired) electrons. The number of carboxylic acids is 1. The van der Waals surface area contributed by atoms with Crippen LogP contribution in [0.5, 0.6) is 0 Å². The Morgan fingerprint density at radius 3 is 1.55 bits per heavy atom. The first-order valence-electron chi connectivity index (χ1n) is 8.83. The number of rotatable bonds is 8. The molecule has 0 aromatic heterocycles. The summed E-state index contributed by atoms with van der Waals surface area (Å²) in [5, 5.41) is 14.1. The first kappa shape index (κ1) is 21.6. The van der Waals surface area contributed by atoms with Crippen molar-refractivity contribution in [2.45, 2.75) is 32.1 Å². The molecule has 8 nitrogen and oxygen atoms in total. The average molecular weight is 398 g/mol. The Labute approximate surface area is 167 Å². The van der Waals surface area contributed by atoms with Crippen molar-refractivity contribution in [3.8, 4) is 0 Å². The van der Waals surface area contributed by atoms with Crippen LogP contribution in [0.4, 0.5) is 0 Å². The molecular formula is C21H20NO7-. The van der Waals surface area contributed by atoms with Gasteiger partial charge in [0.1, 0.15) is 0 Å². The van der Waals surface area contributed by atoms with Gasteiger partial charge in [-0.1, -0.05) is 36.4 Å². The molecule has 0 bridgehead atoms. The number of aliphatic carboxylic acids is 1. The monoisotopic (exact) mass is 398 g/mol.